The molecular weight excluding hydrogens is 346 g/mol. The Balaban J connectivity index is 1.56. The topological polar surface area (TPSA) is 37.6 Å². The fourth-order valence-electron chi connectivity index (χ4n) is 3.16. The zero-order valence-corrected chi connectivity index (χ0v) is 15.5. The van der Waals surface area contributed by atoms with Gasteiger partial charge in [-0.1, -0.05) is 66.7 Å². The maximum atomic E-state index is 13.0. The van der Waals surface area contributed by atoms with Crippen molar-refractivity contribution >= 4 is 17.6 Å². The van der Waals surface area contributed by atoms with Gasteiger partial charge in [0.1, 0.15) is 5.65 Å². The average molecular weight is 367 g/mol. The van der Waals surface area contributed by atoms with Crippen LogP contribution in [0.15, 0.2) is 97.3 Å². The van der Waals surface area contributed by atoms with E-state index >= 15 is 0 Å². The fourth-order valence-corrected chi connectivity index (χ4v) is 3.16. The number of rotatable bonds is 6. The van der Waals surface area contributed by atoms with E-state index in [0.29, 0.717) is 13.1 Å². The first kappa shape index (κ1) is 17.7. The van der Waals surface area contributed by atoms with E-state index in [4.69, 9.17) is 0 Å². The summed E-state index contributed by atoms with van der Waals surface area (Å²) in [6.45, 7) is 1.12. The van der Waals surface area contributed by atoms with Gasteiger partial charge >= 0.3 is 0 Å². The Kier molecular flexibility index (Phi) is 5.29. The smallest absolute Gasteiger partial charge is 0.247 e. The molecule has 2 heterocycles. The molecular formula is C24H21N3O. The summed E-state index contributed by atoms with van der Waals surface area (Å²) in [5.74, 6) is -0.0291. The summed E-state index contributed by atoms with van der Waals surface area (Å²) >= 11 is 0. The van der Waals surface area contributed by atoms with Crippen molar-refractivity contribution in [2.75, 3.05) is 0 Å². The Morgan fingerprint density at radius 2 is 1.46 bits per heavy atom. The fraction of sp³-hybridized carbons (Fsp3) is 0.0833. The number of pyridine rings is 1. The van der Waals surface area contributed by atoms with Crippen LogP contribution < -0.4 is 0 Å². The van der Waals surface area contributed by atoms with Crippen LogP contribution in [0.4, 0.5) is 0 Å². The van der Waals surface area contributed by atoms with E-state index in [1.54, 1.807) is 12.3 Å². The quantitative estimate of drug-likeness (QED) is 0.468. The molecule has 4 heteroatoms. The van der Waals surface area contributed by atoms with Crippen LogP contribution in [-0.2, 0) is 17.9 Å². The predicted octanol–water partition coefficient (Wildman–Crippen LogP) is 4.58. The Morgan fingerprint density at radius 1 is 0.857 bits per heavy atom. The largest absolute Gasteiger partial charge is 0.331 e. The summed E-state index contributed by atoms with van der Waals surface area (Å²) < 4.78 is 1.96. The minimum Gasteiger partial charge on any atom is -0.331 e. The Morgan fingerprint density at radius 3 is 2.11 bits per heavy atom. The van der Waals surface area contributed by atoms with Crippen LogP contribution in [0.3, 0.4) is 0 Å². The van der Waals surface area contributed by atoms with Gasteiger partial charge in [0.25, 0.3) is 0 Å². The Labute approximate surface area is 164 Å². The van der Waals surface area contributed by atoms with Crippen LogP contribution in [0, 0.1) is 0 Å². The van der Waals surface area contributed by atoms with Gasteiger partial charge < -0.3 is 9.30 Å². The molecule has 0 fully saturated rings. The molecule has 4 rings (SSSR count). The second-order valence-corrected chi connectivity index (χ2v) is 6.61. The molecule has 0 aliphatic carbocycles. The number of imidazole rings is 1. The lowest BCUT2D eigenvalue weighted by Crippen LogP contribution is -2.28. The number of aromatic nitrogens is 2. The number of benzene rings is 2. The summed E-state index contributed by atoms with van der Waals surface area (Å²) in [6.07, 6.45) is 7.17. The van der Waals surface area contributed by atoms with Gasteiger partial charge in [-0.05, 0) is 29.3 Å². The standard InChI is InChI=1S/C24H21N3O/c28-24(15-14-22-17-25-23-13-7-8-16-27(22)23)26(18-20-9-3-1-4-10-20)19-21-11-5-2-6-12-21/h1-17H,18-19H2/b15-14+. The Hall–Kier alpha value is -3.66. The lowest BCUT2D eigenvalue weighted by molar-refractivity contribution is -0.127. The highest BCUT2D eigenvalue weighted by molar-refractivity contribution is 5.91. The summed E-state index contributed by atoms with van der Waals surface area (Å²) in [6, 6.07) is 25.9. The molecule has 28 heavy (non-hydrogen) atoms. The second-order valence-electron chi connectivity index (χ2n) is 6.61. The van der Waals surface area contributed by atoms with Crippen LogP contribution in [0.5, 0.6) is 0 Å². The van der Waals surface area contributed by atoms with Gasteiger partial charge in [-0.2, -0.15) is 0 Å². The maximum absolute atomic E-state index is 13.0. The van der Waals surface area contributed by atoms with Crippen LogP contribution in [0.1, 0.15) is 16.8 Å². The molecule has 0 saturated heterocycles. The Bertz CT molecular complexity index is 1040. The molecule has 0 saturated carbocycles. The van der Waals surface area contributed by atoms with E-state index in [2.05, 4.69) is 4.98 Å². The van der Waals surface area contributed by atoms with Crippen LogP contribution >= 0.6 is 0 Å². The molecule has 0 aliphatic rings. The van der Waals surface area contributed by atoms with Crippen molar-refractivity contribution < 1.29 is 4.79 Å². The highest BCUT2D eigenvalue weighted by Gasteiger charge is 2.12. The summed E-state index contributed by atoms with van der Waals surface area (Å²) in [5.41, 5.74) is 3.95. The molecule has 0 N–H and O–H groups in total. The summed E-state index contributed by atoms with van der Waals surface area (Å²) in [4.78, 5) is 19.2. The van der Waals surface area contributed by atoms with E-state index in [0.717, 1.165) is 22.5 Å². The maximum Gasteiger partial charge on any atom is 0.247 e. The number of amides is 1. The summed E-state index contributed by atoms with van der Waals surface area (Å²) in [7, 11) is 0. The molecule has 138 valence electrons. The minimum atomic E-state index is -0.0291. The van der Waals surface area contributed by atoms with Crippen molar-refractivity contribution in [3.05, 3.63) is 114 Å². The average Bonchev–Trinajstić information content (AvgIpc) is 3.16. The molecule has 0 radical (unpaired) electrons. The van der Waals surface area contributed by atoms with E-state index < -0.39 is 0 Å². The third-order valence-electron chi connectivity index (χ3n) is 4.59. The zero-order valence-electron chi connectivity index (χ0n) is 15.5. The van der Waals surface area contributed by atoms with Crippen molar-refractivity contribution in [2.45, 2.75) is 13.1 Å². The van der Waals surface area contributed by atoms with Crippen LogP contribution in [0.2, 0.25) is 0 Å². The first-order chi connectivity index (χ1) is 13.8. The van der Waals surface area contributed by atoms with Gasteiger partial charge in [-0.3, -0.25) is 4.79 Å². The van der Waals surface area contributed by atoms with Gasteiger partial charge in [0, 0.05) is 25.4 Å². The van der Waals surface area contributed by atoms with Crippen LogP contribution in [-0.4, -0.2) is 20.2 Å². The van der Waals surface area contributed by atoms with Crippen molar-refractivity contribution in [2.24, 2.45) is 0 Å². The highest BCUT2D eigenvalue weighted by atomic mass is 16.2. The van der Waals surface area contributed by atoms with Crippen LogP contribution in [0.25, 0.3) is 11.7 Å². The van der Waals surface area contributed by atoms with E-state index in [9.17, 15) is 4.79 Å². The lowest BCUT2D eigenvalue weighted by atomic mass is 10.1. The number of carbonyl (C=O) groups is 1. The molecule has 2 aromatic heterocycles. The van der Waals surface area contributed by atoms with Gasteiger partial charge in [-0.15, -0.1) is 0 Å². The third kappa shape index (κ3) is 4.18. The van der Waals surface area contributed by atoms with E-state index in [-0.39, 0.29) is 5.91 Å². The van der Waals surface area contributed by atoms with E-state index in [1.807, 2.05) is 100 Å². The van der Waals surface area contributed by atoms with Gasteiger partial charge in [0.05, 0.1) is 11.9 Å². The number of carbonyl (C=O) groups excluding carboxylic acids is 1. The van der Waals surface area contributed by atoms with Gasteiger partial charge in [-0.25, -0.2) is 4.98 Å². The normalized spacial score (nSPS) is 11.1. The molecule has 0 bridgehead atoms. The number of fused-ring (bicyclic) bond motifs is 1. The second kappa shape index (κ2) is 8.35. The minimum absolute atomic E-state index is 0.0291. The lowest BCUT2D eigenvalue weighted by Gasteiger charge is -2.21. The van der Waals surface area contributed by atoms with Crippen molar-refractivity contribution in [3.8, 4) is 0 Å². The predicted molar refractivity (Wildman–Crippen MR) is 111 cm³/mol. The molecule has 1 amide bonds. The van der Waals surface area contributed by atoms with Crippen molar-refractivity contribution in [1.82, 2.24) is 14.3 Å². The van der Waals surface area contributed by atoms with E-state index in [1.165, 1.54) is 0 Å². The molecule has 0 aliphatic heterocycles. The number of nitrogens with zero attached hydrogens (tertiary/aromatic N) is 3. The third-order valence-corrected chi connectivity index (χ3v) is 4.59. The first-order valence-electron chi connectivity index (χ1n) is 9.26. The summed E-state index contributed by atoms with van der Waals surface area (Å²) in [5, 5.41) is 0. The van der Waals surface area contributed by atoms with Gasteiger partial charge in [0.15, 0.2) is 0 Å². The molecule has 2 aromatic carbocycles. The van der Waals surface area contributed by atoms with Crippen molar-refractivity contribution in [1.29, 1.82) is 0 Å². The molecule has 4 nitrogen and oxygen atoms in total. The SMILES string of the molecule is O=C(/C=C/c1cnc2ccccn12)N(Cc1ccccc1)Cc1ccccc1. The molecule has 4 aromatic rings. The zero-order chi connectivity index (χ0) is 19.2. The monoisotopic (exact) mass is 367 g/mol. The van der Waals surface area contributed by atoms with Crippen molar-refractivity contribution in [3.63, 3.8) is 0 Å². The molecule has 0 unspecified atom stereocenters. The number of hydrogen-bond donors (Lipinski definition) is 0. The number of hydrogen-bond acceptors (Lipinski definition) is 2. The molecule has 0 atom stereocenters. The highest BCUT2D eigenvalue weighted by Crippen LogP contribution is 2.13. The first-order valence-corrected chi connectivity index (χ1v) is 9.26. The molecule has 0 spiro atoms. The van der Waals surface area contributed by atoms with Gasteiger partial charge in [0.2, 0.25) is 5.91 Å².